The van der Waals surface area contributed by atoms with Crippen LogP contribution in [0.4, 0.5) is 0 Å². The van der Waals surface area contributed by atoms with E-state index in [0.717, 1.165) is 5.56 Å². The van der Waals surface area contributed by atoms with E-state index in [4.69, 9.17) is 0 Å². The summed E-state index contributed by atoms with van der Waals surface area (Å²) in [5, 5.41) is 0. The molecule has 1 aliphatic rings. The standard InChI is InChI=1S/C12H12O/c1-9(13)12-6-4-11(5-7-12)8-10-2-3-10/h4-8H,2-3H2,1H3. The van der Waals surface area contributed by atoms with Crippen LogP contribution >= 0.6 is 0 Å². The van der Waals surface area contributed by atoms with Gasteiger partial charge in [-0.2, -0.15) is 0 Å². The van der Waals surface area contributed by atoms with E-state index in [1.54, 1.807) is 6.92 Å². The Kier molecular flexibility index (Phi) is 2.01. The first-order valence-electron chi connectivity index (χ1n) is 4.56. The average molecular weight is 172 g/mol. The van der Waals surface area contributed by atoms with E-state index >= 15 is 0 Å². The molecule has 0 amide bonds. The molecule has 13 heavy (non-hydrogen) atoms. The molecule has 0 aromatic heterocycles. The van der Waals surface area contributed by atoms with Gasteiger partial charge >= 0.3 is 0 Å². The van der Waals surface area contributed by atoms with Crippen LogP contribution in [0.25, 0.3) is 6.08 Å². The Balaban J connectivity index is 2.22. The maximum Gasteiger partial charge on any atom is 0.159 e. The van der Waals surface area contributed by atoms with Crippen LogP contribution < -0.4 is 0 Å². The second-order valence-corrected chi connectivity index (χ2v) is 3.48. The summed E-state index contributed by atoms with van der Waals surface area (Å²) >= 11 is 0. The zero-order chi connectivity index (χ0) is 9.26. The van der Waals surface area contributed by atoms with E-state index in [2.05, 4.69) is 6.08 Å². The first-order chi connectivity index (χ1) is 6.25. The van der Waals surface area contributed by atoms with Crippen LogP contribution in [-0.2, 0) is 0 Å². The molecule has 66 valence electrons. The van der Waals surface area contributed by atoms with E-state index in [1.165, 1.54) is 24.0 Å². The third kappa shape index (κ3) is 2.05. The van der Waals surface area contributed by atoms with Gasteiger partial charge in [0.1, 0.15) is 0 Å². The van der Waals surface area contributed by atoms with Crippen LogP contribution in [0.2, 0.25) is 0 Å². The van der Waals surface area contributed by atoms with Crippen molar-refractivity contribution in [3.05, 3.63) is 41.0 Å². The lowest BCUT2D eigenvalue weighted by molar-refractivity contribution is 0.101. The molecular formula is C12H12O. The van der Waals surface area contributed by atoms with Crippen molar-refractivity contribution in [1.82, 2.24) is 0 Å². The van der Waals surface area contributed by atoms with Gasteiger partial charge in [0.2, 0.25) is 0 Å². The number of rotatable bonds is 2. The number of hydrogen-bond acceptors (Lipinski definition) is 1. The highest BCUT2D eigenvalue weighted by atomic mass is 16.1. The number of ketones is 1. The second kappa shape index (κ2) is 3.17. The molecule has 0 bridgehead atoms. The molecule has 1 aromatic rings. The van der Waals surface area contributed by atoms with E-state index in [0.29, 0.717) is 0 Å². The topological polar surface area (TPSA) is 17.1 Å². The summed E-state index contributed by atoms with van der Waals surface area (Å²) in [5.41, 5.74) is 3.51. The molecule has 0 spiro atoms. The Morgan fingerprint density at radius 1 is 1.23 bits per heavy atom. The minimum absolute atomic E-state index is 0.130. The van der Waals surface area contributed by atoms with Crippen LogP contribution in [-0.4, -0.2) is 5.78 Å². The van der Waals surface area contributed by atoms with Gasteiger partial charge in [-0.1, -0.05) is 35.9 Å². The van der Waals surface area contributed by atoms with Gasteiger partial charge in [-0.05, 0) is 25.3 Å². The highest BCUT2D eigenvalue weighted by Gasteiger charge is 2.10. The highest BCUT2D eigenvalue weighted by molar-refractivity contribution is 5.94. The molecule has 0 unspecified atom stereocenters. The highest BCUT2D eigenvalue weighted by Crippen LogP contribution is 2.29. The first kappa shape index (κ1) is 8.24. The molecule has 1 nitrogen and oxygen atoms in total. The lowest BCUT2D eigenvalue weighted by Gasteiger charge is -1.95. The van der Waals surface area contributed by atoms with Crippen molar-refractivity contribution in [2.45, 2.75) is 19.8 Å². The van der Waals surface area contributed by atoms with Crippen LogP contribution in [0.15, 0.2) is 29.8 Å². The summed E-state index contributed by atoms with van der Waals surface area (Å²) in [4.78, 5) is 11.0. The van der Waals surface area contributed by atoms with Gasteiger partial charge in [0.25, 0.3) is 0 Å². The van der Waals surface area contributed by atoms with E-state index < -0.39 is 0 Å². The Hall–Kier alpha value is -1.37. The third-order valence-corrected chi connectivity index (χ3v) is 2.23. The quantitative estimate of drug-likeness (QED) is 0.626. The van der Waals surface area contributed by atoms with Crippen LogP contribution in [0.1, 0.15) is 35.7 Å². The number of carbonyl (C=O) groups excluding carboxylic acids is 1. The average Bonchev–Trinajstić information content (AvgIpc) is 2.89. The molecule has 0 aliphatic heterocycles. The first-order valence-corrected chi connectivity index (χ1v) is 4.56. The molecule has 1 fully saturated rings. The molecule has 2 rings (SSSR count). The fourth-order valence-electron chi connectivity index (χ4n) is 1.27. The summed E-state index contributed by atoms with van der Waals surface area (Å²) in [6, 6.07) is 7.78. The Morgan fingerprint density at radius 2 is 1.85 bits per heavy atom. The van der Waals surface area contributed by atoms with E-state index in [9.17, 15) is 4.79 Å². The lowest BCUT2D eigenvalue weighted by Crippen LogP contribution is -1.90. The van der Waals surface area contributed by atoms with Gasteiger partial charge in [0.15, 0.2) is 5.78 Å². The maximum atomic E-state index is 11.0. The number of hydrogen-bond donors (Lipinski definition) is 0. The summed E-state index contributed by atoms with van der Waals surface area (Å²) in [6.45, 7) is 1.59. The predicted molar refractivity (Wildman–Crippen MR) is 53.7 cm³/mol. The van der Waals surface area contributed by atoms with Crippen molar-refractivity contribution in [3.8, 4) is 0 Å². The van der Waals surface area contributed by atoms with Gasteiger partial charge in [-0.15, -0.1) is 0 Å². The van der Waals surface area contributed by atoms with E-state index in [-0.39, 0.29) is 5.78 Å². The van der Waals surface area contributed by atoms with Crippen molar-refractivity contribution in [2.75, 3.05) is 0 Å². The van der Waals surface area contributed by atoms with E-state index in [1.807, 2.05) is 24.3 Å². The van der Waals surface area contributed by atoms with Gasteiger partial charge in [-0.25, -0.2) is 0 Å². The van der Waals surface area contributed by atoms with Gasteiger partial charge in [-0.3, -0.25) is 4.79 Å². The molecule has 1 aromatic carbocycles. The fourth-order valence-corrected chi connectivity index (χ4v) is 1.27. The molecule has 0 atom stereocenters. The summed E-state index contributed by atoms with van der Waals surface area (Å²) in [5.74, 6) is 0.130. The number of benzene rings is 1. The zero-order valence-corrected chi connectivity index (χ0v) is 7.71. The van der Waals surface area contributed by atoms with Crippen LogP contribution in [0.3, 0.4) is 0 Å². The predicted octanol–water partition coefficient (Wildman–Crippen LogP) is 3.07. The Morgan fingerprint density at radius 3 is 2.31 bits per heavy atom. The molecule has 0 radical (unpaired) electrons. The van der Waals surface area contributed by atoms with Gasteiger partial charge in [0.05, 0.1) is 0 Å². The SMILES string of the molecule is CC(=O)c1ccc(C=C2CC2)cc1. The zero-order valence-electron chi connectivity index (χ0n) is 7.71. The minimum Gasteiger partial charge on any atom is -0.295 e. The molecular weight excluding hydrogens is 160 g/mol. The number of carbonyl (C=O) groups is 1. The van der Waals surface area contributed by atoms with Crippen molar-refractivity contribution >= 4 is 11.9 Å². The van der Waals surface area contributed by atoms with Crippen molar-refractivity contribution in [3.63, 3.8) is 0 Å². The Labute approximate surface area is 78.1 Å². The monoisotopic (exact) mass is 172 g/mol. The molecule has 0 N–H and O–H groups in total. The summed E-state index contributed by atoms with van der Waals surface area (Å²) in [7, 11) is 0. The van der Waals surface area contributed by atoms with Gasteiger partial charge in [0, 0.05) is 5.56 Å². The summed E-state index contributed by atoms with van der Waals surface area (Å²) in [6.07, 6.45) is 4.69. The number of allylic oxidation sites excluding steroid dienone is 1. The molecule has 1 aliphatic carbocycles. The molecule has 0 saturated heterocycles. The largest absolute Gasteiger partial charge is 0.295 e. The normalized spacial score (nSPS) is 14.1. The van der Waals surface area contributed by atoms with Gasteiger partial charge < -0.3 is 0 Å². The second-order valence-electron chi connectivity index (χ2n) is 3.48. The van der Waals surface area contributed by atoms with Crippen LogP contribution in [0, 0.1) is 0 Å². The molecule has 1 heteroatoms. The van der Waals surface area contributed by atoms with Crippen LogP contribution in [0.5, 0.6) is 0 Å². The minimum atomic E-state index is 0.130. The fraction of sp³-hybridized carbons (Fsp3) is 0.250. The molecule has 0 heterocycles. The molecule has 1 saturated carbocycles. The number of Topliss-reactive ketones (excluding diaryl/α,β-unsaturated/α-hetero) is 1. The lowest BCUT2D eigenvalue weighted by atomic mass is 10.1. The Bertz CT molecular complexity index is 351. The van der Waals surface area contributed by atoms with Crippen molar-refractivity contribution in [1.29, 1.82) is 0 Å². The van der Waals surface area contributed by atoms with Crippen molar-refractivity contribution < 1.29 is 4.79 Å². The third-order valence-electron chi connectivity index (χ3n) is 2.23. The maximum absolute atomic E-state index is 11.0. The van der Waals surface area contributed by atoms with Crippen molar-refractivity contribution in [2.24, 2.45) is 0 Å². The smallest absolute Gasteiger partial charge is 0.159 e. The summed E-state index contributed by atoms with van der Waals surface area (Å²) < 4.78 is 0.